The van der Waals surface area contributed by atoms with Crippen LogP contribution in [0, 0.1) is 5.92 Å². The van der Waals surface area contributed by atoms with Crippen LogP contribution >= 0.6 is 24.0 Å². The third-order valence-corrected chi connectivity index (χ3v) is 4.53. The van der Waals surface area contributed by atoms with Crippen LogP contribution in [0.15, 0.2) is 47.7 Å². The lowest BCUT2D eigenvalue weighted by Gasteiger charge is -2.12. The van der Waals surface area contributed by atoms with Gasteiger partial charge in [-0.25, -0.2) is 9.98 Å². The number of hydrogen-bond donors (Lipinski definition) is 2. The highest BCUT2D eigenvalue weighted by atomic mass is 127. The van der Waals surface area contributed by atoms with E-state index in [1.807, 2.05) is 18.5 Å². The Balaban J connectivity index is 0.00000280. The maximum Gasteiger partial charge on any atom is 0.191 e. The number of benzene rings is 1. The number of ether oxygens (including phenoxy) is 1. The van der Waals surface area contributed by atoms with Gasteiger partial charge in [-0.3, -0.25) is 0 Å². The molecule has 1 fully saturated rings. The van der Waals surface area contributed by atoms with Crippen LogP contribution < -0.4 is 10.6 Å². The number of rotatable bonds is 11. The molecule has 0 spiro atoms. The Hall–Kier alpha value is -1.61. The summed E-state index contributed by atoms with van der Waals surface area (Å²) in [7, 11) is 0. The fraction of sp³-hybridized carbons (Fsp3) is 0.524. The minimum absolute atomic E-state index is 0. The molecule has 1 aromatic carbocycles. The van der Waals surface area contributed by atoms with Gasteiger partial charge in [-0.2, -0.15) is 0 Å². The Morgan fingerprint density at radius 1 is 1.25 bits per heavy atom. The molecule has 2 N–H and O–H groups in total. The standard InChI is InChI=1S/C21H31N5O.HI/c1-2-22-21(24-11-6-14-27-17-19-9-10-19)25-15-20-23-12-13-26(20)16-18-7-4-3-5-8-18;/h3-5,7-8,12-13,19H,2,6,9-11,14-17H2,1H3,(H2,22,24,25);1H. The van der Waals surface area contributed by atoms with Crippen LogP contribution in [0.1, 0.15) is 37.6 Å². The van der Waals surface area contributed by atoms with Crippen molar-refractivity contribution in [2.45, 2.75) is 39.3 Å². The van der Waals surface area contributed by atoms with E-state index in [1.54, 1.807) is 0 Å². The lowest BCUT2D eigenvalue weighted by Crippen LogP contribution is -2.38. The molecule has 1 saturated carbocycles. The van der Waals surface area contributed by atoms with E-state index in [-0.39, 0.29) is 24.0 Å². The SMILES string of the molecule is CCNC(=NCc1nccn1Cc1ccccc1)NCCCOCC1CC1.I. The summed E-state index contributed by atoms with van der Waals surface area (Å²) in [5.41, 5.74) is 1.26. The minimum atomic E-state index is 0. The lowest BCUT2D eigenvalue weighted by molar-refractivity contribution is 0.123. The van der Waals surface area contributed by atoms with Gasteiger partial charge >= 0.3 is 0 Å². The summed E-state index contributed by atoms with van der Waals surface area (Å²) in [6, 6.07) is 10.4. The second kappa shape index (κ2) is 12.8. The summed E-state index contributed by atoms with van der Waals surface area (Å²) in [4.78, 5) is 9.15. The molecule has 2 aromatic rings. The van der Waals surface area contributed by atoms with Gasteiger partial charge in [0.2, 0.25) is 0 Å². The first kappa shape index (κ1) is 22.7. The van der Waals surface area contributed by atoms with Crippen molar-refractivity contribution in [1.29, 1.82) is 0 Å². The van der Waals surface area contributed by atoms with Gasteiger partial charge in [0.25, 0.3) is 0 Å². The zero-order valence-electron chi connectivity index (χ0n) is 16.6. The van der Waals surface area contributed by atoms with Crippen molar-refractivity contribution >= 4 is 29.9 Å². The Morgan fingerprint density at radius 3 is 2.82 bits per heavy atom. The summed E-state index contributed by atoms with van der Waals surface area (Å²) >= 11 is 0. The molecule has 0 radical (unpaired) electrons. The average molecular weight is 497 g/mol. The molecule has 0 saturated heterocycles. The van der Waals surface area contributed by atoms with E-state index in [2.05, 4.69) is 56.4 Å². The molecule has 1 aromatic heterocycles. The molecule has 0 amide bonds. The second-order valence-electron chi connectivity index (χ2n) is 6.95. The first-order valence-corrected chi connectivity index (χ1v) is 9.99. The van der Waals surface area contributed by atoms with Gasteiger partial charge < -0.3 is 19.9 Å². The third kappa shape index (κ3) is 8.18. The normalized spacial score (nSPS) is 13.8. The van der Waals surface area contributed by atoms with Crippen LogP contribution in [0.25, 0.3) is 0 Å². The number of aliphatic imine (C=N–C) groups is 1. The predicted octanol–water partition coefficient (Wildman–Crippen LogP) is 3.42. The molecular formula is C21H32IN5O. The number of nitrogens with zero attached hydrogens (tertiary/aromatic N) is 3. The van der Waals surface area contributed by atoms with Crippen LogP contribution in [-0.2, 0) is 17.8 Å². The molecule has 28 heavy (non-hydrogen) atoms. The number of nitrogens with one attached hydrogen (secondary N) is 2. The Labute approximate surface area is 185 Å². The third-order valence-electron chi connectivity index (χ3n) is 4.53. The van der Waals surface area contributed by atoms with Crippen LogP contribution in [0.5, 0.6) is 0 Å². The smallest absolute Gasteiger partial charge is 0.191 e. The fourth-order valence-corrected chi connectivity index (χ4v) is 2.82. The molecule has 7 heteroatoms. The van der Waals surface area contributed by atoms with E-state index in [0.29, 0.717) is 6.54 Å². The Kier molecular flexibility index (Phi) is 10.3. The molecule has 3 rings (SSSR count). The molecule has 0 aliphatic heterocycles. The second-order valence-corrected chi connectivity index (χ2v) is 6.95. The summed E-state index contributed by atoms with van der Waals surface area (Å²) in [5, 5.41) is 6.67. The van der Waals surface area contributed by atoms with Gasteiger partial charge in [-0.05, 0) is 37.7 Å². The number of guanidine groups is 1. The lowest BCUT2D eigenvalue weighted by atomic mass is 10.2. The van der Waals surface area contributed by atoms with Gasteiger partial charge in [0.15, 0.2) is 5.96 Å². The highest BCUT2D eigenvalue weighted by Crippen LogP contribution is 2.28. The van der Waals surface area contributed by atoms with Crippen LogP contribution in [0.2, 0.25) is 0 Å². The van der Waals surface area contributed by atoms with E-state index >= 15 is 0 Å². The largest absolute Gasteiger partial charge is 0.381 e. The predicted molar refractivity (Wildman–Crippen MR) is 124 cm³/mol. The van der Waals surface area contributed by atoms with E-state index in [4.69, 9.17) is 4.74 Å². The number of aromatic nitrogens is 2. The zero-order chi connectivity index (χ0) is 18.7. The van der Waals surface area contributed by atoms with Crippen molar-refractivity contribution in [1.82, 2.24) is 20.2 Å². The zero-order valence-corrected chi connectivity index (χ0v) is 19.0. The van der Waals surface area contributed by atoms with Crippen molar-refractivity contribution < 1.29 is 4.74 Å². The van der Waals surface area contributed by atoms with E-state index < -0.39 is 0 Å². The van der Waals surface area contributed by atoms with Crippen molar-refractivity contribution in [3.05, 3.63) is 54.1 Å². The molecule has 0 unspecified atom stereocenters. The first-order chi connectivity index (χ1) is 13.3. The van der Waals surface area contributed by atoms with Crippen molar-refractivity contribution in [2.24, 2.45) is 10.9 Å². The molecule has 0 atom stereocenters. The minimum Gasteiger partial charge on any atom is -0.381 e. The average Bonchev–Trinajstić information content (AvgIpc) is 3.41. The van der Waals surface area contributed by atoms with E-state index in [0.717, 1.165) is 57.0 Å². The molecule has 1 aliphatic rings. The first-order valence-electron chi connectivity index (χ1n) is 9.99. The quantitative estimate of drug-likeness (QED) is 0.216. The van der Waals surface area contributed by atoms with Gasteiger partial charge in [0.1, 0.15) is 12.4 Å². The van der Waals surface area contributed by atoms with Crippen molar-refractivity contribution in [3.63, 3.8) is 0 Å². The van der Waals surface area contributed by atoms with Gasteiger partial charge in [0, 0.05) is 45.2 Å². The fourth-order valence-electron chi connectivity index (χ4n) is 2.82. The highest BCUT2D eigenvalue weighted by Gasteiger charge is 2.20. The van der Waals surface area contributed by atoms with Crippen LogP contribution in [-0.4, -0.2) is 41.8 Å². The molecule has 154 valence electrons. The van der Waals surface area contributed by atoms with Gasteiger partial charge in [-0.15, -0.1) is 24.0 Å². The van der Waals surface area contributed by atoms with Crippen LogP contribution in [0.4, 0.5) is 0 Å². The summed E-state index contributed by atoms with van der Waals surface area (Å²) < 4.78 is 7.82. The summed E-state index contributed by atoms with van der Waals surface area (Å²) in [5.74, 6) is 2.62. The summed E-state index contributed by atoms with van der Waals surface area (Å²) in [6.45, 7) is 6.87. The molecular weight excluding hydrogens is 465 g/mol. The van der Waals surface area contributed by atoms with Crippen molar-refractivity contribution in [3.8, 4) is 0 Å². The monoisotopic (exact) mass is 497 g/mol. The molecule has 6 nitrogen and oxygen atoms in total. The summed E-state index contributed by atoms with van der Waals surface area (Å²) in [6.07, 6.45) is 7.52. The van der Waals surface area contributed by atoms with Crippen molar-refractivity contribution in [2.75, 3.05) is 26.3 Å². The number of halogens is 1. The number of imidazole rings is 1. The maximum atomic E-state index is 5.68. The Morgan fingerprint density at radius 2 is 2.07 bits per heavy atom. The molecule has 1 heterocycles. The van der Waals surface area contributed by atoms with E-state index in [9.17, 15) is 0 Å². The topological polar surface area (TPSA) is 63.5 Å². The molecule has 1 aliphatic carbocycles. The number of hydrogen-bond acceptors (Lipinski definition) is 3. The maximum absolute atomic E-state index is 5.68. The Bertz CT molecular complexity index is 700. The van der Waals surface area contributed by atoms with Crippen LogP contribution in [0.3, 0.4) is 0 Å². The van der Waals surface area contributed by atoms with Gasteiger partial charge in [0.05, 0.1) is 0 Å². The van der Waals surface area contributed by atoms with Gasteiger partial charge in [-0.1, -0.05) is 30.3 Å². The molecule has 0 bridgehead atoms. The highest BCUT2D eigenvalue weighted by molar-refractivity contribution is 14.0. The van der Waals surface area contributed by atoms with E-state index in [1.165, 1.54) is 18.4 Å².